The third-order valence-electron chi connectivity index (χ3n) is 3.28. The van der Waals surface area contributed by atoms with Crippen LogP contribution in [-0.2, 0) is 6.61 Å². The second-order valence-electron chi connectivity index (χ2n) is 5.12. The first kappa shape index (κ1) is 15.4. The van der Waals surface area contributed by atoms with E-state index in [0.29, 0.717) is 12.4 Å². The predicted molar refractivity (Wildman–Crippen MR) is 81.8 cm³/mol. The Bertz CT molecular complexity index is 601. The fraction of sp³-hybridized carbons (Fsp3) is 0.353. The molecule has 0 amide bonds. The van der Waals surface area contributed by atoms with Gasteiger partial charge in [0, 0.05) is 35.6 Å². The SMILES string of the molecule is CCNC(C)c1ccc(F)cc1OCc1cncc(C)c1. The topological polar surface area (TPSA) is 34.1 Å². The summed E-state index contributed by atoms with van der Waals surface area (Å²) in [6.07, 6.45) is 3.56. The number of aryl methyl sites for hydroxylation is 1. The molecule has 1 heterocycles. The molecule has 0 fully saturated rings. The molecule has 0 bridgehead atoms. The van der Waals surface area contributed by atoms with E-state index in [1.165, 1.54) is 12.1 Å². The van der Waals surface area contributed by atoms with Crippen molar-refractivity contribution in [2.45, 2.75) is 33.4 Å². The Morgan fingerprint density at radius 2 is 2.10 bits per heavy atom. The highest BCUT2D eigenvalue weighted by Gasteiger charge is 2.12. The molecule has 3 nitrogen and oxygen atoms in total. The Balaban J connectivity index is 2.16. The Morgan fingerprint density at radius 1 is 1.29 bits per heavy atom. The van der Waals surface area contributed by atoms with Gasteiger partial charge in [0.25, 0.3) is 0 Å². The van der Waals surface area contributed by atoms with Crippen molar-refractivity contribution in [1.82, 2.24) is 10.3 Å². The van der Waals surface area contributed by atoms with Crippen LogP contribution < -0.4 is 10.1 Å². The summed E-state index contributed by atoms with van der Waals surface area (Å²) in [4.78, 5) is 4.13. The summed E-state index contributed by atoms with van der Waals surface area (Å²) in [5.41, 5.74) is 3.01. The maximum Gasteiger partial charge on any atom is 0.127 e. The lowest BCUT2D eigenvalue weighted by Crippen LogP contribution is -2.18. The van der Waals surface area contributed by atoms with E-state index in [1.807, 2.05) is 26.8 Å². The Kier molecular flexibility index (Phi) is 5.28. The molecule has 1 aromatic carbocycles. The van der Waals surface area contributed by atoms with E-state index in [-0.39, 0.29) is 11.9 Å². The van der Waals surface area contributed by atoms with Gasteiger partial charge < -0.3 is 10.1 Å². The van der Waals surface area contributed by atoms with Crippen molar-refractivity contribution < 1.29 is 9.13 Å². The number of hydrogen-bond donors (Lipinski definition) is 1. The van der Waals surface area contributed by atoms with Crippen LogP contribution >= 0.6 is 0 Å². The van der Waals surface area contributed by atoms with Crippen LogP contribution in [0.2, 0.25) is 0 Å². The number of halogens is 1. The van der Waals surface area contributed by atoms with Crippen molar-refractivity contribution in [3.05, 3.63) is 59.2 Å². The highest BCUT2D eigenvalue weighted by molar-refractivity contribution is 5.36. The Morgan fingerprint density at radius 3 is 2.81 bits per heavy atom. The van der Waals surface area contributed by atoms with Gasteiger partial charge in [0.05, 0.1) is 0 Å². The summed E-state index contributed by atoms with van der Waals surface area (Å²) in [6.45, 7) is 7.29. The first-order chi connectivity index (χ1) is 10.1. The molecular formula is C17H21FN2O. The number of benzene rings is 1. The summed E-state index contributed by atoms with van der Waals surface area (Å²) in [7, 11) is 0. The molecule has 1 unspecified atom stereocenters. The molecule has 2 aromatic rings. The molecular weight excluding hydrogens is 267 g/mol. The van der Waals surface area contributed by atoms with Gasteiger partial charge in [-0.15, -0.1) is 0 Å². The van der Waals surface area contributed by atoms with Crippen LogP contribution in [0.1, 0.15) is 36.6 Å². The second-order valence-corrected chi connectivity index (χ2v) is 5.12. The van der Waals surface area contributed by atoms with E-state index >= 15 is 0 Å². The monoisotopic (exact) mass is 288 g/mol. The molecule has 0 aliphatic heterocycles. The van der Waals surface area contributed by atoms with Crippen LogP contribution in [0.4, 0.5) is 4.39 Å². The number of ether oxygens (including phenoxy) is 1. The van der Waals surface area contributed by atoms with E-state index in [0.717, 1.165) is 23.2 Å². The zero-order chi connectivity index (χ0) is 15.2. The highest BCUT2D eigenvalue weighted by atomic mass is 19.1. The summed E-state index contributed by atoms with van der Waals surface area (Å²) in [5, 5.41) is 3.31. The second kappa shape index (κ2) is 7.18. The van der Waals surface area contributed by atoms with Crippen molar-refractivity contribution >= 4 is 0 Å². The van der Waals surface area contributed by atoms with Crippen LogP contribution in [0.3, 0.4) is 0 Å². The zero-order valence-electron chi connectivity index (χ0n) is 12.7. The normalized spacial score (nSPS) is 12.2. The zero-order valence-corrected chi connectivity index (χ0v) is 12.7. The summed E-state index contributed by atoms with van der Waals surface area (Å²) >= 11 is 0. The molecule has 0 spiro atoms. The van der Waals surface area contributed by atoms with Gasteiger partial charge in [0.2, 0.25) is 0 Å². The molecule has 0 aliphatic carbocycles. The van der Waals surface area contributed by atoms with E-state index in [4.69, 9.17) is 4.74 Å². The van der Waals surface area contributed by atoms with Gasteiger partial charge in [-0.25, -0.2) is 4.39 Å². The molecule has 0 saturated carbocycles. The Labute approximate surface area is 125 Å². The predicted octanol–water partition coefficient (Wildman–Crippen LogP) is 3.78. The maximum absolute atomic E-state index is 13.5. The lowest BCUT2D eigenvalue weighted by molar-refractivity contribution is 0.297. The highest BCUT2D eigenvalue weighted by Crippen LogP contribution is 2.27. The van der Waals surface area contributed by atoms with Crippen molar-refractivity contribution in [3.63, 3.8) is 0 Å². The third-order valence-corrected chi connectivity index (χ3v) is 3.28. The molecule has 1 N–H and O–H groups in total. The minimum absolute atomic E-state index is 0.112. The van der Waals surface area contributed by atoms with Crippen LogP contribution in [0, 0.1) is 12.7 Å². The van der Waals surface area contributed by atoms with Gasteiger partial charge in [-0.1, -0.05) is 13.0 Å². The number of hydrogen-bond acceptors (Lipinski definition) is 3. The van der Waals surface area contributed by atoms with Gasteiger partial charge in [-0.2, -0.15) is 0 Å². The van der Waals surface area contributed by atoms with Crippen LogP contribution in [0.25, 0.3) is 0 Å². The number of rotatable bonds is 6. The molecule has 0 aliphatic rings. The molecule has 4 heteroatoms. The minimum Gasteiger partial charge on any atom is -0.488 e. The molecule has 2 rings (SSSR count). The van der Waals surface area contributed by atoms with Crippen LogP contribution in [0.15, 0.2) is 36.7 Å². The summed E-state index contributed by atoms with van der Waals surface area (Å²) in [6, 6.07) is 6.80. The van der Waals surface area contributed by atoms with E-state index in [1.54, 1.807) is 18.5 Å². The summed E-state index contributed by atoms with van der Waals surface area (Å²) < 4.78 is 19.3. The number of nitrogens with zero attached hydrogens (tertiary/aromatic N) is 1. The number of pyridine rings is 1. The number of nitrogens with one attached hydrogen (secondary N) is 1. The third kappa shape index (κ3) is 4.26. The van der Waals surface area contributed by atoms with Gasteiger partial charge in [-0.05, 0) is 38.1 Å². The molecule has 21 heavy (non-hydrogen) atoms. The fourth-order valence-corrected chi connectivity index (χ4v) is 2.26. The quantitative estimate of drug-likeness (QED) is 0.878. The van der Waals surface area contributed by atoms with E-state index < -0.39 is 0 Å². The van der Waals surface area contributed by atoms with E-state index in [9.17, 15) is 4.39 Å². The van der Waals surface area contributed by atoms with Crippen LogP contribution in [-0.4, -0.2) is 11.5 Å². The van der Waals surface area contributed by atoms with Crippen molar-refractivity contribution in [1.29, 1.82) is 0 Å². The Hall–Kier alpha value is -1.94. The average molecular weight is 288 g/mol. The fourth-order valence-electron chi connectivity index (χ4n) is 2.26. The maximum atomic E-state index is 13.5. The average Bonchev–Trinajstić information content (AvgIpc) is 2.45. The standard InChI is InChI=1S/C17H21FN2O/c1-4-20-13(3)16-6-5-15(18)8-17(16)21-11-14-7-12(2)9-19-10-14/h5-10,13,20H,4,11H2,1-3H3. The molecule has 1 aromatic heterocycles. The first-order valence-corrected chi connectivity index (χ1v) is 7.16. The summed E-state index contributed by atoms with van der Waals surface area (Å²) in [5.74, 6) is 0.282. The van der Waals surface area contributed by atoms with Crippen LogP contribution in [0.5, 0.6) is 5.75 Å². The van der Waals surface area contributed by atoms with Crippen molar-refractivity contribution in [2.24, 2.45) is 0 Å². The van der Waals surface area contributed by atoms with Gasteiger partial charge >= 0.3 is 0 Å². The first-order valence-electron chi connectivity index (χ1n) is 7.16. The van der Waals surface area contributed by atoms with Crippen molar-refractivity contribution in [2.75, 3.05) is 6.54 Å². The van der Waals surface area contributed by atoms with Gasteiger partial charge in [-0.3, -0.25) is 4.98 Å². The van der Waals surface area contributed by atoms with Gasteiger partial charge in [0.15, 0.2) is 0 Å². The number of aromatic nitrogens is 1. The lowest BCUT2D eigenvalue weighted by Gasteiger charge is -2.18. The van der Waals surface area contributed by atoms with Gasteiger partial charge in [0.1, 0.15) is 18.2 Å². The molecule has 1 atom stereocenters. The minimum atomic E-state index is -0.292. The smallest absolute Gasteiger partial charge is 0.127 e. The van der Waals surface area contributed by atoms with E-state index in [2.05, 4.69) is 10.3 Å². The van der Waals surface area contributed by atoms with Crippen molar-refractivity contribution in [3.8, 4) is 5.75 Å². The molecule has 0 radical (unpaired) electrons. The molecule has 0 saturated heterocycles. The molecule has 112 valence electrons. The lowest BCUT2D eigenvalue weighted by atomic mass is 10.1. The largest absolute Gasteiger partial charge is 0.488 e.